The van der Waals surface area contributed by atoms with E-state index in [-0.39, 0.29) is 0 Å². The zero-order valence-electron chi connectivity index (χ0n) is 7.30. The van der Waals surface area contributed by atoms with E-state index in [4.69, 9.17) is 15.3 Å². The Labute approximate surface area is 78.6 Å². The summed E-state index contributed by atoms with van der Waals surface area (Å²) in [5.74, 6) is -6.80. The molecule has 0 heterocycles. The standard InChI is InChI=1S/C7H10O7/c1-7(14,6(12)13)3(5(10)11)2-4(8)9/h3,14H,2H2,1H3,(H,8,9)(H,10,11)(H,12,13). The van der Waals surface area contributed by atoms with E-state index in [1.807, 2.05) is 0 Å². The number of hydrogen-bond acceptors (Lipinski definition) is 4. The van der Waals surface area contributed by atoms with Gasteiger partial charge in [0.2, 0.25) is 0 Å². The summed E-state index contributed by atoms with van der Waals surface area (Å²) in [7, 11) is 0. The number of rotatable bonds is 5. The molecule has 7 heteroatoms. The molecule has 0 aliphatic rings. The molecule has 0 radical (unpaired) electrons. The fourth-order valence-corrected chi connectivity index (χ4v) is 0.850. The molecule has 0 aliphatic carbocycles. The van der Waals surface area contributed by atoms with Crippen LogP contribution >= 0.6 is 0 Å². The number of carbonyl (C=O) groups is 3. The quantitative estimate of drug-likeness (QED) is 0.453. The molecule has 0 spiro atoms. The van der Waals surface area contributed by atoms with Gasteiger partial charge in [-0.25, -0.2) is 4.79 Å². The van der Waals surface area contributed by atoms with Crippen molar-refractivity contribution in [1.82, 2.24) is 0 Å². The number of aliphatic carboxylic acids is 3. The predicted molar refractivity (Wildman–Crippen MR) is 41.6 cm³/mol. The van der Waals surface area contributed by atoms with Crippen LogP contribution < -0.4 is 0 Å². The van der Waals surface area contributed by atoms with E-state index in [0.717, 1.165) is 6.92 Å². The lowest BCUT2D eigenvalue weighted by molar-refractivity contribution is -0.174. The molecule has 4 N–H and O–H groups in total. The van der Waals surface area contributed by atoms with Crippen LogP contribution in [0.4, 0.5) is 0 Å². The largest absolute Gasteiger partial charge is 0.481 e. The van der Waals surface area contributed by atoms with Gasteiger partial charge in [-0.15, -0.1) is 0 Å². The van der Waals surface area contributed by atoms with Crippen molar-refractivity contribution in [2.45, 2.75) is 18.9 Å². The van der Waals surface area contributed by atoms with E-state index in [1.54, 1.807) is 0 Å². The van der Waals surface area contributed by atoms with Crippen molar-refractivity contribution in [3.05, 3.63) is 0 Å². The first-order chi connectivity index (χ1) is 6.19. The van der Waals surface area contributed by atoms with Crippen LogP contribution in [-0.2, 0) is 14.4 Å². The van der Waals surface area contributed by atoms with Gasteiger partial charge >= 0.3 is 17.9 Å². The molecule has 0 amide bonds. The minimum Gasteiger partial charge on any atom is -0.481 e. The van der Waals surface area contributed by atoms with Gasteiger partial charge in [0.15, 0.2) is 5.60 Å². The maximum Gasteiger partial charge on any atom is 0.336 e. The predicted octanol–water partition coefficient (Wildman–Crippen LogP) is -1.00. The van der Waals surface area contributed by atoms with Gasteiger partial charge in [0.05, 0.1) is 6.42 Å². The highest BCUT2D eigenvalue weighted by atomic mass is 16.4. The molecule has 0 fully saturated rings. The van der Waals surface area contributed by atoms with Crippen LogP contribution in [-0.4, -0.2) is 43.9 Å². The smallest absolute Gasteiger partial charge is 0.336 e. The first-order valence-electron chi connectivity index (χ1n) is 3.60. The van der Waals surface area contributed by atoms with Gasteiger partial charge in [-0.3, -0.25) is 9.59 Å². The normalized spacial score (nSPS) is 16.7. The van der Waals surface area contributed by atoms with Crippen molar-refractivity contribution < 1.29 is 34.8 Å². The third kappa shape index (κ3) is 2.70. The summed E-state index contributed by atoms with van der Waals surface area (Å²) in [4.78, 5) is 31.2. The lowest BCUT2D eigenvalue weighted by Crippen LogP contribution is -2.47. The second-order valence-electron chi connectivity index (χ2n) is 2.94. The fourth-order valence-electron chi connectivity index (χ4n) is 0.850. The van der Waals surface area contributed by atoms with Crippen LogP contribution in [0.2, 0.25) is 0 Å². The van der Waals surface area contributed by atoms with E-state index < -0.39 is 35.8 Å². The molecule has 0 aromatic heterocycles. The second kappa shape index (κ2) is 4.05. The van der Waals surface area contributed by atoms with Gasteiger partial charge in [0.25, 0.3) is 0 Å². The van der Waals surface area contributed by atoms with E-state index >= 15 is 0 Å². The zero-order chi connectivity index (χ0) is 11.5. The highest BCUT2D eigenvalue weighted by Gasteiger charge is 2.45. The molecule has 0 aromatic carbocycles. The van der Waals surface area contributed by atoms with Crippen LogP contribution in [0, 0.1) is 5.92 Å². The van der Waals surface area contributed by atoms with Gasteiger partial charge in [-0.05, 0) is 6.92 Å². The SMILES string of the molecule is CC(O)(C(=O)O)C(CC(=O)O)C(=O)O. The third-order valence-electron chi connectivity index (χ3n) is 1.79. The molecule has 14 heavy (non-hydrogen) atoms. The lowest BCUT2D eigenvalue weighted by atomic mass is 9.86. The molecule has 0 aliphatic heterocycles. The maximum atomic E-state index is 10.5. The van der Waals surface area contributed by atoms with Crippen molar-refractivity contribution in [1.29, 1.82) is 0 Å². The van der Waals surface area contributed by atoms with E-state index in [0.29, 0.717) is 0 Å². The van der Waals surface area contributed by atoms with Crippen LogP contribution in [0.5, 0.6) is 0 Å². The van der Waals surface area contributed by atoms with Crippen LogP contribution in [0.3, 0.4) is 0 Å². The lowest BCUT2D eigenvalue weighted by Gasteiger charge is -2.23. The highest BCUT2D eigenvalue weighted by molar-refractivity contribution is 5.87. The molecule has 80 valence electrons. The number of carboxylic acid groups (broad SMARTS) is 3. The zero-order valence-corrected chi connectivity index (χ0v) is 7.30. The summed E-state index contributed by atoms with van der Waals surface area (Å²) in [6.07, 6.45) is -0.950. The van der Waals surface area contributed by atoms with Gasteiger partial charge in [0, 0.05) is 0 Å². The summed E-state index contributed by atoms with van der Waals surface area (Å²) < 4.78 is 0. The Balaban J connectivity index is 4.91. The molecule has 2 unspecified atom stereocenters. The first-order valence-corrected chi connectivity index (χ1v) is 3.60. The van der Waals surface area contributed by atoms with E-state index in [2.05, 4.69) is 0 Å². The fraction of sp³-hybridized carbons (Fsp3) is 0.571. The number of aliphatic hydroxyl groups is 1. The van der Waals surface area contributed by atoms with Crippen molar-refractivity contribution in [3.8, 4) is 0 Å². The van der Waals surface area contributed by atoms with Crippen molar-refractivity contribution >= 4 is 17.9 Å². The molecule has 0 saturated heterocycles. The third-order valence-corrected chi connectivity index (χ3v) is 1.79. The maximum absolute atomic E-state index is 10.5. The Morgan fingerprint density at radius 3 is 1.86 bits per heavy atom. The molecule has 0 aromatic rings. The van der Waals surface area contributed by atoms with Crippen LogP contribution in [0.1, 0.15) is 13.3 Å². The van der Waals surface area contributed by atoms with E-state index in [1.165, 1.54) is 0 Å². The summed E-state index contributed by atoms with van der Waals surface area (Å²) in [6.45, 7) is 0.747. The average Bonchev–Trinajstić information content (AvgIpc) is 1.98. The summed E-state index contributed by atoms with van der Waals surface area (Å²) in [5, 5.41) is 34.5. The molecule has 0 rings (SSSR count). The second-order valence-corrected chi connectivity index (χ2v) is 2.94. The Morgan fingerprint density at radius 2 is 1.64 bits per heavy atom. The molecule has 7 nitrogen and oxygen atoms in total. The Hall–Kier alpha value is -1.63. The summed E-state index contributed by atoms with van der Waals surface area (Å²) >= 11 is 0. The number of carboxylic acids is 3. The van der Waals surface area contributed by atoms with Gasteiger partial charge in [0.1, 0.15) is 5.92 Å². The molecule has 0 bridgehead atoms. The van der Waals surface area contributed by atoms with Crippen molar-refractivity contribution in [3.63, 3.8) is 0 Å². The molecular weight excluding hydrogens is 196 g/mol. The topological polar surface area (TPSA) is 132 Å². The number of hydrogen-bond donors (Lipinski definition) is 4. The van der Waals surface area contributed by atoms with Crippen LogP contribution in [0.25, 0.3) is 0 Å². The van der Waals surface area contributed by atoms with Gasteiger partial charge < -0.3 is 20.4 Å². The summed E-state index contributed by atoms with van der Waals surface area (Å²) in [6, 6.07) is 0. The molecular formula is C7H10O7. The van der Waals surface area contributed by atoms with Gasteiger partial charge in [-0.1, -0.05) is 0 Å². The Bertz CT molecular complexity index is 267. The minimum absolute atomic E-state index is 0.747. The summed E-state index contributed by atoms with van der Waals surface area (Å²) in [5.41, 5.74) is -2.59. The average molecular weight is 206 g/mol. The van der Waals surface area contributed by atoms with E-state index in [9.17, 15) is 19.5 Å². The first kappa shape index (κ1) is 12.4. The highest BCUT2D eigenvalue weighted by Crippen LogP contribution is 2.21. The Kier molecular flexibility index (Phi) is 3.58. The van der Waals surface area contributed by atoms with Gasteiger partial charge in [-0.2, -0.15) is 0 Å². The van der Waals surface area contributed by atoms with Crippen LogP contribution in [0.15, 0.2) is 0 Å². The monoisotopic (exact) mass is 206 g/mol. The van der Waals surface area contributed by atoms with Crippen molar-refractivity contribution in [2.24, 2.45) is 5.92 Å². The molecule has 0 saturated carbocycles. The molecule has 2 atom stereocenters. The van der Waals surface area contributed by atoms with Crippen molar-refractivity contribution in [2.75, 3.05) is 0 Å². The Morgan fingerprint density at radius 1 is 1.21 bits per heavy atom. The minimum atomic E-state index is -2.59.